The number of anilines is 1. The largest absolute Gasteiger partial charge is 0.448 e. The van der Waals surface area contributed by atoms with E-state index in [1.807, 2.05) is 11.8 Å². The SMILES string of the molecule is COCC(C)NCc1ccc(C(F)(F)F)cc1N1CCN(C(=O)C(Cc2ccc(Cl)cc2Cl)N2CCOC2=O)CC1. The summed E-state index contributed by atoms with van der Waals surface area (Å²) >= 11 is 12.4. The molecule has 2 aromatic rings. The quantitative estimate of drug-likeness (QED) is 0.411. The lowest BCUT2D eigenvalue weighted by molar-refractivity contribution is -0.137. The third-order valence-electron chi connectivity index (χ3n) is 7.28. The van der Waals surface area contributed by atoms with E-state index >= 15 is 0 Å². The zero-order valence-corrected chi connectivity index (χ0v) is 24.4. The predicted molar refractivity (Wildman–Crippen MR) is 150 cm³/mol. The minimum Gasteiger partial charge on any atom is -0.448 e. The molecule has 0 saturated carbocycles. The van der Waals surface area contributed by atoms with Crippen molar-refractivity contribution in [3.63, 3.8) is 0 Å². The Bertz CT molecular complexity index is 1240. The van der Waals surface area contributed by atoms with E-state index in [4.69, 9.17) is 32.7 Å². The smallest absolute Gasteiger partial charge is 0.416 e. The number of hydrogen-bond acceptors (Lipinski definition) is 6. The Kier molecular flexibility index (Phi) is 10.3. The summed E-state index contributed by atoms with van der Waals surface area (Å²) in [4.78, 5) is 31.1. The summed E-state index contributed by atoms with van der Waals surface area (Å²) in [5.74, 6) is -0.270. The number of cyclic esters (lactones) is 1. The van der Waals surface area contributed by atoms with Gasteiger partial charge in [-0.2, -0.15) is 13.2 Å². The number of nitrogens with one attached hydrogen (secondary N) is 1. The number of rotatable bonds is 10. The van der Waals surface area contributed by atoms with Crippen LogP contribution in [0.5, 0.6) is 0 Å². The molecule has 0 bridgehead atoms. The second-order valence-electron chi connectivity index (χ2n) is 10.2. The first-order chi connectivity index (χ1) is 19.5. The van der Waals surface area contributed by atoms with Crippen LogP contribution in [0.4, 0.5) is 23.7 Å². The maximum Gasteiger partial charge on any atom is 0.416 e. The van der Waals surface area contributed by atoms with Gasteiger partial charge in [0.05, 0.1) is 18.7 Å². The van der Waals surface area contributed by atoms with Crippen molar-refractivity contribution in [1.82, 2.24) is 15.1 Å². The summed E-state index contributed by atoms with van der Waals surface area (Å²) in [5, 5.41) is 4.12. The second-order valence-corrected chi connectivity index (χ2v) is 11.0. The van der Waals surface area contributed by atoms with Crippen LogP contribution in [0.3, 0.4) is 0 Å². The molecular weight excluding hydrogens is 584 g/mol. The molecule has 0 aliphatic carbocycles. The number of benzene rings is 2. The molecule has 2 heterocycles. The average Bonchev–Trinajstić information content (AvgIpc) is 3.36. The Balaban J connectivity index is 1.51. The first kappa shape index (κ1) is 31.2. The first-order valence-electron chi connectivity index (χ1n) is 13.3. The lowest BCUT2D eigenvalue weighted by atomic mass is 10.0. The monoisotopic (exact) mass is 616 g/mol. The van der Waals surface area contributed by atoms with Crippen molar-refractivity contribution in [1.29, 1.82) is 0 Å². The van der Waals surface area contributed by atoms with Gasteiger partial charge in [-0.15, -0.1) is 0 Å². The van der Waals surface area contributed by atoms with Crippen LogP contribution in [0.25, 0.3) is 0 Å². The zero-order chi connectivity index (χ0) is 29.7. The molecule has 0 radical (unpaired) electrons. The fourth-order valence-corrected chi connectivity index (χ4v) is 5.56. The van der Waals surface area contributed by atoms with Crippen LogP contribution in [0, 0.1) is 0 Å². The number of carbonyl (C=O) groups is 2. The Morgan fingerprint density at radius 2 is 1.78 bits per heavy atom. The third kappa shape index (κ3) is 7.77. The van der Waals surface area contributed by atoms with Gasteiger partial charge in [0.15, 0.2) is 0 Å². The van der Waals surface area contributed by atoms with Gasteiger partial charge in [-0.25, -0.2) is 4.79 Å². The molecule has 2 aliphatic rings. The van der Waals surface area contributed by atoms with Crippen molar-refractivity contribution >= 4 is 40.9 Å². The topological polar surface area (TPSA) is 74.3 Å². The maximum atomic E-state index is 13.8. The summed E-state index contributed by atoms with van der Waals surface area (Å²) in [6, 6.07) is 7.89. The highest BCUT2D eigenvalue weighted by molar-refractivity contribution is 6.35. The highest BCUT2D eigenvalue weighted by Crippen LogP contribution is 2.34. The lowest BCUT2D eigenvalue weighted by Gasteiger charge is -2.39. The van der Waals surface area contributed by atoms with Crippen LogP contribution in [-0.2, 0) is 33.4 Å². The molecule has 2 atom stereocenters. The molecule has 13 heteroatoms. The third-order valence-corrected chi connectivity index (χ3v) is 7.87. The van der Waals surface area contributed by atoms with Crippen LogP contribution in [-0.4, -0.2) is 86.9 Å². The Morgan fingerprint density at radius 3 is 2.39 bits per heavy atom. The van der Waals surface area contributed by atoms with Crippen LogP contribution in [0.15, 0.2) is 36.4 Å². The number of carbonyl (C=O) groups excluding carboxylic acids is 2. The molecule has 224 valence electrons. The highest BCUT2D eigenvalue weighted by atomic mass is 35.5. The summed E-state index contributed by atoms with van der Waals surface area (Å²) in [7, 11) is 1.59. The molecule has 2 saturated heterocycles. The number of nitrogens with zero attached hydrogens (tertiary/aromatic N) is 3. The van der Waals surface area contributed by atoms with Crippen molar-refractivity contribution in [2.45, 2.75) is 38.1 Å². The molecule has 4 rings (SSSR count). The first-order valence-corrected chi connectivity index (χ1v) is 14.1. The van der Waals surface area contributed by atoms with Crippen molar-refractivity contribution in [3.8, 4) is 0 Å². The number of hydrogen-bond donors (Lipinski definition) is 1. The Hall–Kier alpha value is -2.73. The second kappa shape index (κ2) is 13.5. The lowest BCUT2D eigenvalue weighted by Crippen LogP contribution is -2.56. The minimum absolute atomic E-state index is 0.00738. The van der Waals surface area contributed by atoms with Gasteiger partial charge >= 0.3 is 12.3 Å². The van der Waals surface area contributed by atoms with Crippen LogP contribution >= 0.6 is 23.2 Å². The number of methoxy groups -OCH3 is 1. The molecular formula is C28H33Cl2F3N4O4. The van der Waals surface area contributed by atoms with E-state index in [1.54, 1.807) is 30.2 Å². The van der Waals surface area contributed by atoms with Crippen LogP contribution < -0.4 is 10.2 Å². The number of piperazine rings is 1. The maximum absolute atomic E-state index is 13.8. The molecule has 2 fully saturated rings. The molecule has 0 spiro atoms. The van der Waals surface area contributed by atoms with Crippen molar-refractivity contribution < 1.29 is 32.2 Å². The summed E-state index contributed by atoms with van der Waals surface area (Å²) in [6.07, 6.45) is -4.88. The summed E-state index contributed by atoms with van der Waals surface area (Å²) in [6.45, 7) is 4.40. The Labute approximate surface area is 247 Å². The van der Waals surface area contributed by atoms with E-state index in [9.17, 15) is 22.8 Å². The zero-order valence-electron chi connectivity index (χ0n) is 22.8. The number of alkyl halides is 3. The summed E-state index contributed by atoms with van der Waals surface area (Å²) in [5.41, 5.74) is 1.12. The van der Waals surface area contributed by atoms with Crippen molar-refractivity contribution in [3.05, 3.63) is 63.1 Å². The van der Waals surface area contributed by atoms with E-state index in [0.717, 1.165) is 11.6 Å². The number of halogens is 5. The van der Waals surface area contributed by atoms with Gasteiger partial charge in [-0.1, -0.05) is 35.3 Å². The van der Waals surface area contributed by atoms with Gasteiger partial charge in [0, 0.05) is 68.0 Å². The Morgan fingerprint density at radius 1 is 1.07 bits per heavy atom. The standard InChI is InChI=1S/C28H33Cl2F3N4O4/c1-18(17-40-2)34-16-20-3-5-21(28(31,32)33)14-24(20)35-7-9-36(10-8-35)26(38)25(37-11-12-41-27(37)39)13-19-4-6-22(29)15-23(19)30/h3-6,14-15,18,25,34H,7-13,16-17H2,1-2H3. The van der Waals surface area contributed by atoms with Gasteiger partial charge in [0.2, 0.25) is 5.91 Å². The van der Waals surface area contributed by atoms with Gasteiger partial charge in [0.25, 0.3) is 0 Å². The highest BCUT2D eigenvalue weighted by Gasteiger charge is 2.38. The molecule has 2 unspecified atom stereocenters. The molecule has 2 amide bonds. The fourth-order valence-electron chi connectivity index (χ4n) is 5.07. The van der Waals surface area contributed by atoms with E-state index in [-0.39, 0.29) is 44.6 Å². The van der Waals surface area contributed by atoms with Gasteiger partial charge < -0.3 is 24.6 Å². The van der Waals surface area contributed by atoms with Crippen LogP contribution in [0.1, 0.15) is 23.6 Å². The van der Waals surface area contributed by atoms with Gasteiger partial charge in [-0.3, -0.25) is 9.69 Å². The van der Waals surface area contributed by atoms with Crippen LogP contribution in [0.2, 0.25) is 10.0 Å². The normalized spacial score (nSPS) is 17.5. The molecule has 2 aromatic carbocycles. The van der Waals surface area contributed by atoms with Crippen molar-refractivity contribution in [2.75, 3.05) is 57.9 Å². The van der Waals surface area contributed by atoms with Gasteiger partial charge in [-0.05, 0) is 42.3 Å². The van der Waals surface area contributed by atoms with E-state index in [2.05, 4.69) is 5.32 Å². The fraction of sp³-hybridized carbons (Fsp3) is 0.500. The molecule has 2 aliphatic heterocycles. The number of ether oxygens (including phenoxy) is 2. The molecule has 8 nitrogen and oxygen atoms in total. The average molecular weight is 617 g/mol. The molecule has 0 aromatic heterocycles. The van der Waals surface area contributed by atoms with Gasteiger partial charge in [0.1, 0.15) is 12.6 Å². The molecule has 1 N–H and O–H groups in total. The number of amides is 2. The minimum atomic E-state index is -4.48. The van der Waals surface area contributed by atoms with E-state index in [1.165, 1.54) is 17.0 Å². The van der Waals surface area contributed by atoms with E-state index < -0.39 is 23.9 Å². The van der Waals surface area contributed by atoms with E-state index in [0.29, 0.717) is 47.5 Å². The van der Waals surface area contributed by atoms with Crippen molar-refractivity contribution in [2.24, 2.45) is 0 Å². The summed E-state index contributed by atoms with van der Waals surface area (Å²) < 4.78 is 51.0. The predicted octanol–water partition coefficient (Wildman–Crippen LogP) is 4.85. The molecule has 41 heavy (non-hydrogen) atoms.